The van der Waals surface area contributed by atoms with Crippen LogP contribution in [0.3, 0.4) is 0 Å². The molecular formula is C30H36BrN3O4S. The molecule has 3 rings (SSSR count). The average Bonchev–Trinajstić information content (AvgIpc) is 2.91. The van der Waals surface area contributed by atoms with Gasteiger partial charge in [0.15, 0.2) is 0 Å². The first-order valence-corrected chi connectivity index (χ1v) is 15.2. The van der Waals surface area contributed by atoms with E-state index in [1.165, 1.54) is 17.0 Å². The summed E-state index contributed by atoms with van der Waals surface area (Å²) in [7, 11) is -4.08. The second-order valence-electron chi connectivity index (χ2n) is 9.74. The Labute approximate surface area is 240 Å². The molecule has 0 aliphatic carbocycles. The Morgan fingerprint density at radius 3 is 2.23 bits per heavy atom. The number of benzene rings is 3. The molecule has 0 spiro atoms. The van der Waals surface area contributed by atoms with Crippen LogP contribution in [0.5, 0.6) is 0 Å². The SMILES string of the molecule is CCC(C)NC(=O)C(C)N(Cc1cccc(Br)c1)C(=O)CN(c1ccc(C)c(C)c1)S(=O)(=O)c1ccccc1. The number of anilines is 1. The van der Waals surface area contributed by atoms with Crippen LogP contribution in [0.2, 0.25) is 0 Å². The number of nitrogens with one attached hydrogen (secondary N) is 1. The van der Waals surface area contributed by atoms with Crippen molar-refractivity contribution in [3.05, 3.63) is 94.0 Å². The summed E-state index contributed by atoms with van der Waals surface area (Å²) in [6.45, 7) is 9.05. The number of sulfonamides is 1. The van der Waals surface area contributed by atoms with Crippen molar-refractivity contribution < 1.29 is 18.0 Å². The molecule has 0 saturated carbocycles. The normalized spacial score (nSPS) is 12.9. The first-order valence-electron chi connectivity index (χ1n) is 12.9. The zero-order chi connectivity index (χ0) is 28.7. The summed E-state index contributed by atoms with van der Waals surface area (Å²) in [6.07, 6.45) is 0.744. The summed E-state index contributed by atoms with van der Waals surface area (Å²) in [4.78, 5) is 28.6. The maximum absolute atomic E-state index is 14.0. The van der Waals surface area contributed by atoms with Gasteiger partial charge >= 0.3 is 0 Å². The Balaban J connectivity index is 2.04. The molecule has 0 fully saturated rings. The standard InChI is InChI=1S/C30H36BrN3O4S/c1-6-23(4)32-30(36)24(5)33(19-25-11-10-12-26(31)18-25)29(35)20-34(27-16-15-21(2)22(3)17-27)39(37,38)28-13-8-7-9-14-28/h7-18,23-24H,6,19-20H2,1-5H3,(H,32,36). The molecule has 9 heteroatoms. The van der Waals surface area contributed by atoms with Crippen molar-refractivity contribution in [1.29, 1.82) is 0 Å². The third-order valence-corrected chi connectivity index (χ3v) is 9.08. The van der Waals surface area contributed by atoms with E-state index >= 15 is 0 Å². The van der Waals surface area contributed by atoms with Crippen LogP contribution in [0.25, 0.3) is 0 Å². The van der Waals surface area contributed by atoms with Crippen LogP contribution in [0, 0.1) is 13.8 Å². The minimum absolute atomic E-state index is 0.0618. The summed E-state index contributed by atoms with van der Waals surface area (Å²) >= 11 is 3.46. The lowest BCUT2D eigenvalue weighted by Crippen LogP contribution is -2.52. The molecule has 0 heterocycles. The van der Waals surface area contributed by atoms with Crippen molar-refractivity contribution in [2.45, 2.75) is 64.6 Å². The highest BCUT2D eigenvalue weighted by atomic mass is 79.9. The number of nitrogens with zero attached hydrogens (tertiary/aromatic N) is 2. The molecule has 0 radical (unpaired) electrons. The van der Waals surface area contributed by atoms with Gasteiger partial charge in [0.05, 0.1) is 10.6 Å². The fourth-order valence-electron chi connectivity index (χ4n) is 4.01. The predicted octanol–water partition coefficient (Wildman–Crippen LogP) is 5.59. The molecule has 0 saturated heterocycles. The van der Waals surface area contributed by atoms with Crippen molar-refractivity contribution in [2.75, 3.05) is 10.8 Å². The summed E-state index contributed by atoms with van der Waals surface area (Å²) < 4.78 is 29.7. The zero-order valence-electron chi connectivity index (χ0n) is 23.0. The quantitative estimate of drug-likeness (QED) is 0.305. The second-order valence-corrected chi connectivity index (χ2v) is 12.5. The monoisotopic (exact) mass is 613 g/mol. The van der Waals surface area contributed by atoms with E-state index in [9.17, 15) is 18.0 Å². The van der Waals surface area contributed by atoms with Gasteiger partial charge in [-0.25, -0.2) is 8.42 Å². The van der Waals surface area contributed by atoms with E-state index in [1.54, 1.807) is 37.3 Å². The number of amides is 2. The van der Waals surface area contributed by atoms with Crippen molar-refractivity contribution in [3.8, 4) is 0 Å². The predicted molar refractivity (Wildman–Crippen MR) is 159 cm³/mol. The lowest BCUT2D eigenvalue weighted by atomic mass is 10.1. The number of aryl methyl sites for hydroxylation is 2. The number of hydrogen-bond donors (Lipinski definition) is 1. The number of halogens is 1. The van der Waals surface area contributed by atoms with E-state index in [1.807, 2.05) is 58.0 Å². The Bertz CT molecular complexity index is 1410. The van der Waals surface area contributed by atoms with Gasteiger partial charge in [-0.3, -0.25) is 13.9 Å². The highest BCUT2D eigenvalue weighted by molar-refractivity contribution is 9.10. The third kappa shape index (κ3) is 7.70. The van der Waals surface area contributed by atoms with E-state index in [-0.39, 0.29) is 23.4 Å². The molecule has 3 aromatic carbocycles. The first kappa shape index (κ1) is 30.4. The maximum atomic E-state index is 14.0. The third-order valence-electron chi connectivity index (χ3n) is 6.80. The van der Waals surface area contributed by atoms with Crippen LogP contribution in [0.4, 0.5) is 5.69 Å². The smallest absolute Gasteiger partial charge is 0.264 e. The molecule has 2 unspecified atom stereocenters. The topological polar surface area (TPSA) is 86.8 Å². The number of rotatable bonds is 11. The van der Waals surface area contributed by atoms with Crippen LogP contribution in [-0.2, 0) is 26.2 Å². The highest BCUT2D eigenvalue weighted by Gasteiger charge is 2.32. The largest absolute Gasteiger partial charge is 0.352 e. The summed E-state index contributed by atoms with van der Waals surface area (Å²) in [5.74, 6) is -0.782. The second kappa shape index (κ2) is 13.3. The molecule has 2 atom stereocenters. The van der Waals surface area contributed by atoms with E-state index in [0.29, 0.717) is 5.69 Å². The van der Waals surface area contributed by atoms with Crippen LogP contribution in [0.15, 0.2) is 82.2 Å². The minimum atomic E-state index is -4.08. The van der Waals surface area contributed by atoms with Crippen LogP contribution < -0.4 is 9.62 Å². The molecule has 2 amide bonds. The van der Waals surface area contributed by atoms with Gasteiger partial charge in [-0.05, 0) is 87.2 Å². The van der Waals surface area contributed by atoms with E-state index < -0.39 is 28.5 Å². The molecule has 0 aromatic heterocycles. The summed E-state index contributed by atoms with van der Waals surface area (Å²) in [6, 6.07) is 19.9. The Hall–Kier alpha value is -3.17. The van der Waals surface area contributed by atoms with Crippen molar-refractivity contribution in [2.24, 2.45) is 0 Å². The van der Waals surface area contributed by atoms with Gasteiger partial charge in [0.25, 0.3) is 10.0 Å². The zero-order valence-corrected chi connectivity index (χ0v) is 25.4. The lowest BCUT2D eigenvalue weighted by Gasteiger charge is -2.32. The lowest BCUT2D eigenvalue weighted by molar-refractivity contribution is -0.139. The Morgan fingerprint density at radius 1 is 0.923 bits per heavy atom. The average molecular weight is 615 g/mol. The molecular weight excluding hydrogens is 578 g/mol. The van der Waals surface area contributed by atoms with Crippen LogP contribution in [-0.4, -0.2) is 43.8 Å². The van der Waals surface area contributed by atoms with Crippen LogP contribution in [0.1, 0.15) is 43.9 Å². The van der Waals surface area contributed by atoms with Gasteiger partial charge in [-0.2, -0.15) is 0 Å². The molecule has 39 heavy (non-hydrogen) atoms. The fraction of sp³-hybridized carbons (Fsp3) is 0.333. The first-order chi connectivity index (χ1) is 18.4. The fourth-order valence-corrected chi connectivity index (χ4v) is 5.88. The number of hydrogen-bond acceptors (Lipinski definition) is 4. The molecule has 1 N–H and O–H groups in total. The van der Waals surface area contributed by atoms with Crippen molar-refractivity contribution in [1.82, 2.24) is 10.2 Å². The van der Waals surface area contributed by atoms with Crippen LogP contribution >= 0.6 is 15.9 Å². The summed E-state index contributed by atoms with van der Waals surface area (Å²) in [5, 5.41) is 2.94. The van der Waals surface area contributed by atoms with Gasteiger partial charge < -0.3 is 10.2 Å². The highest BCUT2D eigenvalue weighted by Crippen LogP contribution is 2.26. The Morgan fingerprint density at radius 2 is 1.62 bits per heavy atom. The van der Waals surface area contributed by atoms with Gasteiger partial charge in [-0.15, -0.1) is 0 Å². The molecule has 0 aliphatic heterocycles. The van der Waals surface area contributed by atoms with E-state index in [0.717, 1.165) is 31.9 Å². The molecule has 0 bridgehead atoms. The minimum Gasteiger partial charge on any atom is -0.352 e. The Kier molecular flexibility index (Phi) is 10.3. The van der Waals surface area contributed by atoms with Gasteiger partial charge in [0.1, 0.15) is 12.6 Å². The number of carbonyl (C=O) groups excluding carboxylic acids is 2. The van der Waals surface area contributed by atoms with Crippen molar-refractivity contribution in [3.63, 3.8) is 0 Å². The molecule has 208 valence electrons. The summed E-state index contributed by atoms with van der Waals surface area (Å²) in [5.41, 5.74) is 3.10. The molecule has 3 aromatic rings. The van der Waals surface area contributed by atoms with Gasteiger partial charge in [0, 0.05) is 17.1 Å². The van der Waals surface area contributed by atoms with E-state index in [4.69, 9.17) is 0 Å². The van der Waals surface area contributed by atoms with Crippen molar-refractivity contribution >= 4 is 43.5 Å². The van der Waals surface area contributed by atoms with Gasteiger partial charge in [0.2, 0.25) is 11.8 Å². The molecule has 7 nitrogen and oxygen atoms in total. The number of carbonyl (C=O) groups is 2. The van der Waals surface area contributed by atoms with E-state index in [2.05, 4.69) is 21.2 Å². The maximum Gasteiger partial charge on any atom is 0.264 e. The molecule has 0 aliphatic rings. The van der Waals surface area contributed by atoms with Gasteiger partial charge in [-0.1, -0.05) is 59.3 Å².